The van der Waals surface area contributed by atoms with E-state index in [0.29, 0.717) is 18.7 Å². The maximum Gasteiger partial charge on any atom is 0.387 e. The SMILES string of the molecule is FC(F)Oc1ccccc1C1CNCC2(CCCC2)CO1. The summed E-state index contributed by atoms with van der Waals surface area (Å²) < 4.78 is 35.7. The molecule has 21 heavy (non-hydrogen) atoms. The lowest BCUT2D eigenvalue weighted by Crippen LogP contribution is -2.32. The van der Waals surface area contributed by atoms with Gasteiger partial charge >= 0.3 is 6.61 Å². The quantitative estimate of drug-likeness (QED) is 0.926. The summed E-state index contributed by atoms with van der Waals surface area (Å²) in [7, 11) is 0. The van der Waals surface area contributed by atoms with Crippen LogP contribution in [0.3, 0.4) is 0 Å². The first-order valence-electron chi connectivity index (χ1n) is 7.55. The van der Waals surface area contributed by atoms with E-state index in [0.717, 1.165) is 6.54 Å². The van der Waals surface area contributed by atoms with Gasteiger partial charge in [-0.2, -0.15) is 8.78 Å². The molecule has 1 aliphatic heterocycles. The molecule has 1 aromatic rings. The van der Waals surface area contributed by atoms with E-state index in [2.05, 4.69) is 10.1 Å². The van der Waals surface area contributed by atoms with Crippen LogP contribution in [0, 0.1) is 5.41 Å². The predicted molar refractivity (Wildman–Crippen MR) is 75.5 cm³/mol. The molecule has 3 nitrogen and oxygen atoms in total. The van der Waals surface area contributed by atoms with E-state index in [1.165, 1.54) is 25.7 Å². The molecule has 1 saturated heterocycles. The third-order valence-corrected chi connectivity index (χ3v) is 4.57. The van der Waals surface area contributed by atoms with Crippen LogP contribution in [0.25, 0.3) is 0 Å². The zero-order chi connectivity index (χ0) is 14.7. The van der Waals surface area contributed by atoms with Gasteiger partial charge in [-0.05, 0) is 18.9 Å². The highest BCUT2D eigenvalue weighted by Crippen LogP contribution is 2.41. The monoisotopic (exact) mass is 297 g/mol. The fourth-order valence-electron chi connectivity index (χ4n) is 3.45. The van der Waals surface area contributed by atoms with Crippen molar-refractivity contribution >= 4 is 0 Å². The number of para-hydroxylation sites is 1. The molecule has 0 aromatic heterocycles. The van der Waals surface area contributed by atoms with Gasteiger partial charge in [0.25, 0.3) is 0 Å². The second-order valence-electron chi connectivity index (χ2n) is 6.05. The standard InChI is InChI=1S/C16H21F2NO2/c17-15(18)21-13-6-2-1-5-12(13)14-9-19-10-16(11-20-14)7-3-4-8-16/h1-2,5-6,14-15,19H,3-4,7-11H2. The van der Waals surface area contributed by atoms with Crippen molar-refractivity contribution in [1.29, 1.82) is 0 Å². The highest BCUT2D eigenvalue weighted by molar-refractivity contribution is 5.35. The number of halogens is 2. The van der Waals surface area contributed by atoms with Crippen LogP contribution in [0.5, 0.6) is 5.75 Å². The third-order valence-electron chi connectivity index (χ3n) is 4.57. The second kappa shape index (κ2) is 6.28. The molecule has 0 radical (unpaired) electrons. The smallest absolute Gasteiger partial charge is 0.387 e. The molecule has 1 N–H and O–H groups in total. The number of alkyl halides is 2. The third kappa shape index (κ3) is 3.35. The number of benzene rings is 1. The Labute approximate surface area is 123 Å². The second-order valence-corrected chi connectivity index (χ2v) is 6.05. The summed E-state index contributed by atoms with van der Waals surface area (Å²) in [4.78, 5) is 0. The van der Waals surface area contributed by atoms with Crippen LogP contribution >= 0.6 is 0 Å². The van der Waals surface area contributed by atoms with Crippen molar-refractivity contribution in [2.24, 2.45) is 5.41 Å². The molecule has 3 rings (SSSR count). The molecule has 0 bridgehead atoms. The van der Waals surface area contributed by atoms with Gasteiger partial charge in [0, 0.05) is 24.1 Å². The molecule has 0 amide bonds. The summed E-state index contributed by atoms with van der Waals surface area (Å²) in [5.41, 5.74) is 0.924. The molecule has 5 heteroatoms. The molecule has 116 valence electrons. The summed E-state index contributed by atoms with van der Waals surface area (Å²) in [6, 6.07) is 6.90. The summed E-state index contributed by atoms with van der Waals surface area (Å²) in [5, 5.41) is 3.44. The first kappa shape index (κ1) is 14.7. The van der Waals surface area contributed by atoms with Crippen LogP contribution in [0.1, 0.15) is 37.4 Å². The van der Waals surface area contributed by atoms with Crippen LogP contribution in [0.15, 0.2) is 24.3 Å². The summed E-state index contributed by atoms with van der Waals surface area (Å²) >= 11 is 0. The molecule has 1 aromatic carbocycles. The first-order chi connectivity index (χ1) is 10.2. The van der Waals surface area contributed by atoms with Crippen molar-refractivity contribution in [3.05, 3.63) is 29.8 Å². The molecular weight excluding hydrogens is 276 g/mol. The van der Waals surface area contributed by atoms with Crippen molar-refractivity contribution < 1.29 is 18.3 Å². The molecule has 1 spiro atoms. The van der Waals surface area contributed by atoms with E-state index in [1.807, 2.05) is 6.07 Å². The largest absolute Gasteiger partial charge is 0.434 e. The topological polar surface area (TPSA) is 30.5 Å². The molecule has 1 atom stereocenters. The Kier molecular flexibility index (Phi) is 4.40. The number of nitrogens with one attached hydrogen (secondary N) is 1. The number of hydrogen-bond acceptors (Lipinski definition) is 3. The Bertz CT molecular complexity index is 475. The maximum atomic E-state index is 12.5. The Balaban J connectivity index is 1.75. The van der Waals surface area contributed by atoms with Gasteiger partial charge in [-0.25, -0.2) is 0 Å². The fourth-order valence-corrected chi connectivity index (χ4v) is 3.45. The Hall–Kier alpha value is -1.20. The van der Waals surface area contributed by atoms with Crippen molar-refractivity contribution in [3.8, 4) is 5.75 Å². The Morgan fingerprint density at radius 2 is 2.00 bits per heavy atom. The summed E-state index contributed by atoms with van der Waals surface area (Å²) in [5.74, 6) is 0.210. The highest BCUT2D eigenvalue weighted by atomic mass is 19.3. The molecule has 1 unspecified atom stereocenters. The molecule has 1 heterocycles. The van der Waals surface area contributed by atoms with Gasteiger partial charge < -0.3 is 14.8 Å². The minimum atomic E-state index is -2.81. The van der Waals surface area contributed by atoms with Gasteiger partial charge in [0.1, 0.15) is 5.75 Å². The number of rotatable bonds is 3. The van der Waals surface area contributed by atoms with Crippen LogP contribution < -0.4 is 10.1 Å². The first-order valence-corrected chi connectivity index (χ1v) is 7.55. The maximum absolute atomic E-state index is 12.5. The predicted octanol–water partition coefficient (Wildman–Crippen LogP) is 3.51. The Morgan fingerprint density at radius 3 is 2.76 bits per heavy atom. The minimum Gasteiger partial charge on any atom is -0.434 e. The van der Waals surface area contributed by atoms with E-state index in [4.69, 9.17) is 4.74 Å². The van der Waals surface area contributed by atoms with Crippen LogP contribution in [0.4, 0.5) is 8.78 Å². The van der Waals surface area contributed by atoms with Gasteiger partial charge in [0.15, 0.2) is 0 Å². The van der Waals surface area contributed by atoms with Crippen LogP contribution in [-0.2, 0) is 4.74 Å². The lowest BCUT2D eigenvalue weighted by molar-refractivity contribution is -0.0533. The van der Waals surface area contributed by atoms with E-state index in [9.17, 15) is 8.78 Å². The number of hydrogen-bond donors (Lipinski definition) is 1. The fraction of sp³-hybridized carbons (Fsp3) is 0.625. The van der Waals surface area contributed by atoms with E-state index >= 15 is 0 Å². The lowest BCUT2D eigenvalue weighted by Gasteiger charge is -2.26. The van der Waals surface area contributed by atoms with Crippen LogP contribution in [-0.4, -0.2) is 26.3 Å². The average Bonchev–Trinajstić information content (AvgIpc) is 2.81. The van der Waals surface area contributed by atoms with Crippen molar-refractivity contribution in [2.45, 2.75) is 38.4 Å². The van der Waals surface area contributed by atoms with E-state index < -0.39 is 6.61 Å². The van der Waals surface area contributed by atoms with Gasteiger partial charge in [-0.15, -0.1) is 0 Å². The van der Waals surface area contributed by atoms with Gasteiger partial charge in [0.05, 0.1) is 12.7 Å². The zero-order valence-corrected chi connectivity index (χ0v) is 12.0. The average molecular weight is 297 g/mol. The summed E-state index contributed by atoms with van der Waals surface area (Å²) in [6.07, 6.45) is 4.63. The lowest BCUT2D eigenvalue weighted by atomic mass is 9.87. The van der Waals surface area contributed by atoms with Crippen molar-refractivity contribution in [3.63, 3.8) is 0 Å². The molecular formula is C16H21F2NO2. The van der Waals surface area contributed by atoms with E-state index in [-0.39, 0.29) is 17.3 Å². The van der Waals surface area contributed by atoms with Crippen molar-refractivity contribution in [2.75, 3.05) is 19.7 Å². The van der Waals surface area contributed by atoms with Gasteiger partial charge in [0.2, 0.25) is 0 Å². The van der Waals surface area contributed by atoms with Gasteiger partial charge in [-0.3, -0.25) is 0 Å². The van der Waals surface area contributed by atoms with Crippen LogP contribution in [0.2, 0.25) is 0 Å². The summed E-state index contributed by atoms with van der Waals surface area (Å²) in [6.45, 7) is -0.550. The number of ether oxygens (including phenoxy) is 2. The van der Waals surface area contributed by atoms with E-state index in [1.54, 1.807) is 18.2 Å². The van der Waals surface area contributed by atoms with Gasteiger partial charge in [-0.1, -0.05) is 31.0 Å². The molecule has 2 aliphatic rings. The minimum absolute atomic E-state index is 0.210. The molecule has 1 saturated carbocycles. The molecule has 1 aliphatic carbocycles. The Morgan fingerprint density at radius 1 is 1.24 bits per heavy atom. The highest BCUT2D eigenvalue weighted by Gasteiger charge is 2.37. The normalized spacial score (nSPS) is 25.2. The zero-order valence-electron chi connectivity index (χ0n) is 12.0. The molecule has 2 fully saturated rings. The van der Waals surface area contributed by atoms with Crippen molar-refractivity contribution in [1.82, 2.24) is 5.32 Å².